The van der Waals surface area contributed by atoms with Crippen molar-refractivity contribution in [2.24, 2.45) is 0 Å². The summed E-state index contributed by atoms with van der Waals surface area (Å²) in [6.07, 6.45) is 10.3. The molecule has 6 aromatic rings. The molecule has 90 heavy (non-hydrogen) atoms. The molecule has 2 aliphatic rings. The van der Waals surface area contributed by atoms with Gasteiger partial charge in [-0.25, -0.2) is 9.97 Å². The normalized spacial score (nSPS) is 11.8. The highest BCUT2D eigenvalue weighted by molar-refractivity contribution is 6.90. The maximum Gasteiger partial charge on any atom is 0.305 e. The number of fused-ring (bicyclic) bond motifs is 8. The average Bonchev–Trinajstić information content (AvgIpc) is 1.56. The van der Waals surface area contributed by atoms with E-state index in [1.165, 1.54) is 0 Å². The molecule has 0 fully saturated rings. The van der Waals surface area contributed by atoms with Gasteiger partial charge in [0, 0.05) is 70.0 Å². The summed E-state index contributed by atoms with van der Waals surface area (Å²) in [4.78, 5) is 68.5. The number of aromatic nitrogens is 4. The average molecular weight is 1240 g/mol. The first kappa shape index (κ1) is 67.1. The minimum Gasteiger partial charge on any atom is -0.493 e. The van der Waals surface area contributed by atoms with Crippen molar-refractivity contribution in [2.75, 3.05) is 52.9 Å². The number of H-pyrrole nitrogens is 2. The molecule has 474 valence electrons. The first-order chi connectivity index (χ1) is 43.6. The summed E-state index contributed by atoms with van der Waals surface area (Å²) in [6, 6.07) is 29.6. The number of ether oxygens (including phenoxy) is 8. The van der Waals surface area contributed by atoms with Gasteiger partial charge in [-0.15, -0.1) is 5.54 Å². The van der Waals surface area contributed by atoms with Crippen LogP contribution in [0.5, 0.6) is 23.0 Å². The van der Waals surface area contributed by atoms with Gasteiger partial charge in [0.2, 0.25) is 0 Å². The molecular formula is C73H86N4O12Si. The Morgan fingerprint density at radius 3 is 1.09 bits per heavy atom. The second kappa shape index (κ2) is 32.6. The van der Waals surface area contributed by atoms with Gasteiger partial charge in [-0.1, -0.05) is 71.7 Å². The molecule has 3 aromatic carbocycles. The molecule has 8 rings (SSSR count). The lowest BCUT2D eigenvalue weighted by molar-refractivity contribution is -0.144. The van der Waals surface area contributed by atoms with Crippen LogP contribution in [0, 0.1) is 11.5 Å². The number of nitrogens with zero attached hydrogens (tertiary/aromatic N) is 2. The number of rotatable bonds is 30. The van der Waals surface area contributed by atoms with Crippen LogP contribution in [0.25, 0.3) is 79.8 Å². The lowest BCUT2D eigenvalue weighted by Crippen LogP contribution is -2.43. The molecule has 17 heteroatoms. The maximum atomic E-state index is 12.5. The fraction of sp³-hybridized carbons (Fsp3) is 0.397. The summed E-state index contributed by atoms with van der Waals surface area (Å²) in [5, 5.41) is 0. The molecule has 0 atom stereocenters. The van der Waals surface area contributed by atoms with Crippen LogP contribution >= 0.6 is 0 Å². The number of aromatic amines is 2. The predicted molar refractivity (Wildman–Crippen MR) is 359 cm³/mol. The van der Waals surface area contributed by atoms with Crippen molar-refractivity contribution < 1.29 is 57.1 Å². The molecule has 0 saturated heterocycles. The van der Waals surface area contributed by atoms with Gasteiger partial charge < -0.3 is 47.9 Å². The molecule has 0 aliphatic carbocycles. The van der Waals surface area contributed by atoms with Crippen LogP contribution in [0.3, 0.4) is 0 Å². The van der Waals surface area contributed by atoms with Gasteiger partial charge in [-0.3, -0.25) is 19.2 Å². The molecule has 3 aromatic heterocycles. The first-order valence-corrected chi connectivity index (χ1v) is 34.0. The fourth-order valence-corrected chi connectivity index (χ4v) is 17.0. The van der Waals surface area contributed by atoms with Crippen LogP contribution in [-0.2, 0) is 38.1 Å². The number of carbonyl (C=O) groups is 4. The first-order valence-electron chi connectivity index (χ1n) is 31.8. The fourth-order valence-electron chi connectivity index (χ4n) is 11.8. The Bertz CT molecular complexity index is 3480. The minimum atomic E-state index is -2.06. The highest BCUT2D eigenvalue weighted by Gasteiger charge is 2.41. The van der Waals surface area contributed by atoms with E-state index in [0.29, 0.717) is 121 Å². The van der Waals surface area contributed by atoms with E-state index in [9.17, 15) is 19.2 Å². The van der Waals surface area contributed by atoms with Crippen LogP contribution in [0.1, 0.15) is 149 Å². The van der Waals surface area contributed by atoms with Crippen LogP contribution in [-0.4, -0.2) is 105 Å². The van der Waals surface area contributed by atoms with Gasteiger partial charge >= 0.3 is 23.9 Å². The molecule has 0 saturated carbocycles. The third-order valence-electron chi connectivity index (χ3n) is 15.9. The zero-order valence-electron chi connectivity index (χ0n) is 53.8. The number of esters is 4. The lowest BCUT2D eigenvalue weighted by atomic mass is 10.0. The van der Waals surface area contributed by atoms with Gasteiger partial charge in [0.25, 0.3) is 0 Å². The van der Waals surface area contributed by atoms with E-state index in [2.05, 4.69) is 87.2 Å². The van der Waals surface area contributed by atoms with Crippen LogP contribution in [0.2, 0.25) is 16.6 Å². The van der Waals surface area contributed by atoms with Crippen molar-refractivity contribution in [1.82, 2.24) is 19.9 Å². The Morgan fingerprint density at radius 1 is 0.433 bits per heavy atom. The smallest absolute Gasteiger partial charge is 0.305 e. The van der Waals surface area contributed by atoms with Gasteiger partial charge in [0.1, 0.15) is 31.1 Å². The lowest BCUT2D eigenvalue weighted by Gasteiger charge is -2.38. The molecule has 0 spiro atoms. The Kier molecular flexibility index (Phi) is 24.3. The van der Waals surface area contributed by atoms with Crippen molar-refractivity contribution in [2.45, 2.75) is 137 Å². The topological polar surface area (TPSA) is 199 Å². The minimum absolute atomic E-state index is 0.180. The van der Waals surface area contributed by atoms with Gasteiger partial charge in [-0.2, -0.15) is 0 Å². The highest BCUT2D eigenvalue weighted by Crippen LogP contribution is 2.47. The Labute approximate surface area is 530 Å². The summed E-state index contributed by atoms with van der Waals surface area (Å²) in [6.45, 7) is 23.0. The quantitative estimate of drug-likeness (QED) is 0.0142. The molecule has 0 radical (unpaired) electrons. The Hall–Kier alpha value is -8.88. The third-order valence-corrected chi connectivity index (χ3v) is 22.2. The second-order valence-corrected chi connectivity index (χ2v) is 28.4. The van der Waals surface area contributed by atoms with Gasteiger partial charge in [0.05, 0.1) is 86.8 Å². The van der Waals surface area contributed by atoms with E-state index in [1.54, 1.807) is 27.7 Å². The molecule has 16 nitrogen and oxygen atoms in total. The molecule has 2 aliphatic heterocycles. The number of nitrogens with one attached hydrogen (secondary N) is 2. The van der Waals surface area contributed by atoms with Crippen LogP contribution in [0.15, 0.2) is 91.0 Å². The summed E-state index contributed by atoms with van der Waals surface area (Å²) in [7, 11) is -2.06. The van der Waals surface area contributed by atoms with Gasteiger partial charge in [-0.05, 0) is 167 Å². The molecule has 5 heterocycles. The van der Waals surface area contributed by atoms with Crippen molar-refractivity contribution in [3.63, 3.8) is 0 Å². The van der Waals surface area contributed by atoms with E-state index in [-0.39, 0.29) is 102 Å². The third kappa shape index (κ3) is 16.9. The predicted octanol–water partition coefficient (Wildman–Crippen LogP) is 16.1. The summed E-state index contributed by atoms with van der Waals surface area (Å²) in [5.74, 6) is 4.44. The summed E-state index contributed by atoms with van der Waals surface area (Å²) >= 11 is 0. The van der Waals surface area contributed by atoms with E-state index in [0.717, 1.165) is 27.7 Å². The zero-order chi connectivity index (χ0) is 64.2. The van der Waals surface area contributed by atoms with Crippen LogP contribution in [0.4, 0.5) is 0 Å². The Balaban J connectivity index is 1.40. The number of carbonyl (C=O) groups excluding carboxylic acids is 4. The number of hydrogen-bond donors (Lipinski definition) is 2. The standard InChI is InChI=1S/C73H86N4O12Si/c1-11-82-65(78)25-17-42-86-61-21-15-22-62(87-43-18-26-66(79)83-12-2)72(61)70-57-35-33-53(74-57)47-54-34-36-58(75-54)71(73-63(88-44-19-27-67(80)84-13-3)23-16-24-64(73)89-45-20-28-68(81)85-14-4)60-40-38-56(77-60)69(55-37-39-59(70)76-55)52-31-29-51(30-32-52)41-46-90(48(5)6,49(7)8)50(9)10/h15-16,21-24,29-40,47-50,74-75H,11-14,17-20,25-28,42-45H2,1-10H3. The number of benzene rings is 3. The van der Waals surface area contributed by atoms with Crippen molar-refractivity contribution in [1.29, 1.82) is 0 Å². The number of hydrogen-bond acceptors (Lipinski definition) is 14. The van der Waals surface area contributed by atoms with E-state index >= 15 is 0 Å². The van der Waals surface area contributed by atoms with Crippen molar-refractivity contribution in [3.05, 3.63) is 119 Å². The highest BCUT2D eigenvalue weighted by atomic mass is 28.3. The molecule has 0 unspecified atom stereocenters. The molecule has 8 bridgehead atoms. The van der Waals surface area contributed by atoms with E-state index < -0.39 is 8.07 Å². The second-order valence-electron chi connectivity index (χ2n) is 22.9. The molecule has 2 N–H and O–H groups in total. The molecular weight excluding hydrogens is 1150 g/mol. The van der Waals surface area contributed by atoms with E-state index in [1.807, 2.05) is 91.0 Å². The SMILES string of the molecule is CCOC(=O)CCCOc1cccc(OCCCC(=O)OCC)c1-c1c2nc(c(-c3ccc(C#C[Si](C(C)C)(C(C)C)C(C)C)cc3)c3nc(c(-c4c(OCCCC(=O)OCC)cccc4OCCCC(=O)OCC)c4ccc(cc5ccc1[nH]5)[nH]4)C=C3)C=C2. The summed E-state index contributed by atoms with van der Waals surface area (Å²) in [5.41, 5.74) is 15.8. The largest absolute Gasteiger partial charge is 0.493 e. The molecule has 0 amide bonds. The monoisotopic (exact) mass is 1240 g/mol. The van der Waals surface area contributed by atoms with E-state index in [4.69, 9.17) is 47.9 Å². The maximum absolute atomic E-state index is 12.5. The van der Waals surface area contributed by atoms with Crippen LogP contribution < -0.4 is 18.9 Å². The van der Waals surface area contributed by atoms with Gasteiger partial charge in [0.15, 0.2) is 0 Å². The zero-order valence-corrected chi connectivity index (χ0v) is 54.8. The van der Waals surface area contributed by atoms with Crippen molar-refractivity contribution in [3.8, 4) is 67.8 Å². The summed E-state index contributed by atoms with van der Waals surface area (Å²) < 4.78 is 47.5. The van der Waals surface area contributed by atoms with Crippen molar-refractivity contribution >= 4 is 78.3 Å². The Morgan fingerprint density at radius 2 is 0.767 bits per heavy atom.